The van der Waals surface area contributed by atoms with Crippen molar-refractivity contribution in [2.45, 2.75) is 39.3 Å². The van der Waals surface area contributed by atoms with E-state index in [1.165, 1.54) is 36.3 Å². The number of methoxy groups -OCH3 is 1. The predicted molar refractivity (Wildman–Crippen MR) is 127 cm³/mol. The minimum Gasteiger partial charge on any atom is -0.506 e. The molecule has 0 fully saturated rings. The first kappa shape index (κ1) is 24.6. The monoisotopic (exact) mass is 468 g/mol. The lowest BCUT2D eigenvalue weighted by molar-refractivity contribution is 0.0234. The highest BCUT2D eigenvalue weighted by Gasteiger charge is 2.24. The molecule has 0 spiro atoms. The van der Waals surface area contributed by atoms with Gasteiger partial charge in [0.2, 0.25) is 5.56 Å². The molecule has 9 heteroatoms. The molecule has 9 nitrogen and oxygen atoms in total. The third-order valence-corrected chi connectivity index (χ3v) is 5.16. The van der Waals surface area contributed by atoms with E-state index >= 15 is 0 Å². The van der Waals surface area contributed by atoms with Crippen LogP contribution in [0.25, 0.3) is 10.9 Å². The standard InChI is InChI=1S/C25H28N2O7/c1-25(2,3)34-24(32)27(14-17-6-5-16(23(30)31)13-20(17)33-4)12-11-15-7-9-19(28)22-18(15)8-10-21(29)26-22/h5-10,13,28H,11-12,14H2,1-4H3,(H,26,29)(H,30,31). The summed E-state index contributed by atoms with van der Waals surface area (Å²) in [4.78, 5) is 40.1. The van der Waals surface area contributed by atoms with Crippen molar-refractivity contribution in [1.29, 1.82) is 0 Å². The number of benzene rings is 2. The van der Waals surface area contributed by atoms with Crippen LogP contribution in [0.1, 0.15) is 42.3 Å². The fourth-order valence-corrected chi connectivity index (χ4v) is 3.55. The molecule has 0 bridgehead atoms. The minimum atomic E-state index is -1.08. The number of fused-ring (bicyclic) bond motifs is 1. The lowest BCUT2D eigenvalue weighted by Crippen LogP contribution is -2.37. The van der Waals surface area contributed by atoms with E-state index in [9.17, 15) is 24.6 Å². The van der Waals surface area contributed by atoms with E-state index < -0.39 is 17.7 Å². The Kier molecular flexibility index (Phi) is 7.14. The average Bonchev–Trinajstić information content (AvgIpc) is 2.76. The van der Waals surface area contributed by atoms with Gasteiger partial charge < -0.3 is 29.6 Å². The zero-order valence-corrected chi connectivity index (χ0v) is 19.5. The van der Waals surface area contributed by atoms with E-state index in [4.69, 9.17) is 9.47 Å². The van der Waals surface area contributed by atoms with Gasteiger partial charge in [0.1, 0.15) is 17.1 Å². The zero-order chi connectivity index (χ0) is 25.0. The number of aromatic carboxylic acids is 1. The molecule has 180 valence electrons. The minimum absolute atomic E-state index is 0.0382. The number of aromatic hydroxyl groups is 1. The quantitative estimate of drug-likeness (QED) is 0.479. The molecule has 0 saturated heterocycles. The molecular formula is C25H28N2O7. The number of H-pyrrole nitrogens is 1. The number of aromatic nitrogens is 1. The number of nitrogens with zero attached hydrogens (tertiary/aromatic N) is 1. The van der Waals surface area contributed by atoms with Crippen LogP contribution in [0.5, 0.6) is 11.5 Å². The van der Waals surface area contributed by atoms with E-state index in [2.05, 4.69) is 4.98 Å². The number of carbonyl (C=O) groups is 2. The van der Waals surface area contributed by atoms with Gasteiger partial charge in [-0.15, -0.1) is 0 Å². The van der Waals surface area contributed by atoms with Crippen LogP contribution in [0.2, 0.25) is 0 Å². The molecule has 0 radical (unpaired) electrons. The number of carboxylic acid groups (broad SMARTS) is 1. The number of pyridine rings is 1. The highest BCUT2D eigenvalue weighted by molar-refractivity contribution is 5.88. The Hall–Kier alpha value is -4.01. The molecule has 34 heavy (non-hydrogen) atoms. The summed E-state index contributed by atoms with van der Waals surface area (Å²) in [5, 5.41) is 20.0. The molecule has 3 rings (SSSR count). The number of carbonyl (C=O) groups excluding carboxylic acids is 1. The first-order valence-corrected chi connectivity index (χ1v) is 10.7. The summed E-state index contributed by atoms with van der Waals surface area (Å²) in [6.07, 6.45) is -0.120. The first-order chi connectivity index (χ1) is 16.0. The summed E-state index contributed by atoms with van der Waals surface area (Å²) in [6.45, 7) is 5.71. The summed E-state index contributed by atoms with van der Waals surface area (Å²) in [5.41, 5.74) is 0.821. The van der Waals surface area contributed by atoms with Crippen LogP contribution < -0.4 is 10.3 Å². The number of ether oxygens (including phenoxy) is 2. The van der Waals surface area contributed by atoms with Gasteiger partial charge in [0, 0.05) is 23.6 Å². The number of amides is 1. The molecule has 0 unspecified atom stereocenters. The number of aromatic amines is 1. The SMILES string of the molecule is COc1cc(C(=O)O)ccc1CN(CCc1ccc(O)c2[nH]c(=O)ccc12)C(=O)OC(C)(C)C. The van der Waals surface area contributed by atoms with Crippen molar-refractivity contribution >= 4 is 23.0 Å². The summed E-state index contributed by atoms with van der Waals surface area (Å²) in [5.74, 6) is -0.768. The third kappa shape index (κ3) is 5.86. The van der Waals surface area contributed by atoms with E-state index in [0.717, 1.165) is 5.56 Å². The maximum Gasteiger partial charge on any atom is 0.410 e. The van der Waals surface area contributed by atoms with Crippen molar-refractivity contribution in [3.05, 3.63) is 69.5 Å². The smallest absolute Gasteiger partial charge is 0.410 e. The number of nitrogens with one attached hydrogen (secondary N) is 1. The van der Waals surface area contributed by atoms with Crippen LogP contribution >= 0.6 is 0 Å². The van der Waals surface area contributed by atoms with Gasteiger partial charge in [-0.1, -0.05) is 12.1 Å². The fraction of sp³-hybridized carbons (Fsp3) is 0.320. The Morgan fingerprint density at radius 1 is 1.06 bits per heavy atom. The normalized spacial score (nSPS) is 11.3. The maximum atomic E-state index is 13.0. The number of hydrogen-bond donors (Lipinski definition) is 3. The van der Waals surface area contributed by atoms with Crippen LogP contribution in [0.4, 0.5) is 4.79 Å². The largest absolute Gasteiger partial charge is 0.506 e. The Labute approximate surface area is 196 Å². The number of hydrogen-bond acceptors (Lipinski definition) is 6. The van der Waals surface area contributed by atoms with E-state index in [0.29, 0.717) is 28.6 Å². The van der Waals surface area contributed by atoms with Crippen molar-refractivity contribution in [3.63, 3.8) is 0 Å². The van der Waals surface area contributed by atoms with Crippen molar-refractivity contribution < 1.29 is 29.3 Å². The van der Waals surface area contributed by atoms with E-state index in [1.54, 1.807) is 39.0 Å². The lowest BCUT2D eigenvalue weighted by atomic mass is 10.0. The van der Waals surface area contributed by atoms with Crippen LogP contribution in [0.3, 0.4) is 0 Å². The average molecular weight is 469 g/mol. The topological polar surface area (TPSA) is 129 Å². The highest BCUT2D eigenvalue weighted by atomic mass is 16.6. The second-order valence-electron chi connectivity index (χ2n) is 8.84. The zero-order valence-electron chi connectivity index (χ0n) is 19.5. The van der Waals surface area contributed by atoms with Gasteiger partial charge in [0.25, 0.3) is 0 Å². The molecule has 1 aromatic heterocycles. The van der Waals surface area contributed by atoms with Crippen LogP contribution in [0.15, 0.2) is 47.3 Å². The second-order valence-corrected chi connectivity index (χ2v) is 8.84. The van der Waals surface area contributed by atoms with Crippen LogP contribution in [-0.2, 0) is 17.7 Å². The molecule has 2 aromatic carbocycles. The number of carboxylic acids is 1. The molecule has 0 aliphatic heterocycles. The molecule has 3 aromatic rings. The summed E-state index contributed by atoms with van der Waals surface area (Å²) < 4.78 is 10.9. The van der Waals surface area contributed by atoms with Gasteiger partial charge in [-0.25, -0.2) is 9.59 Å². The maximum absolute atomic E-state index is 13.0. The van der Waals surface area contributed by atoms with E-state index in [1.807, 2.05) is 0 Å². The lowest BCUT2D eigenvalue weighted by Gasteiger charge is -2.28. The highest BCUT2D eigenvalue weighted by Crippen LogP contribution is 2.27. The molecule has 3 N–H and O–H groups in total. The number of rotatable bonds is 7. The van der Waals surface area contributed by atoms with Gasteiger partial charge in [-0.2, -0.15) is 0 Å². The Morgan fingerprint density at radius 3 is 2.41 bits per heavy atom. The Morgan fingerprint density at radius 2 is 1.76 bits per heavy atom. The van der Waals surface area contributed by atoms with Gasteiger partial charge in [-0.05, 0) is 57.0 Å². The van der Waals surface area contributed by atoms with Gasteiger partial charge in [-0.3, -0.25) is 4.79 Å². The molecule has 1 heterocycles. The van der Waals surface area contributed by atoms with Gasteiger partial charge in [0.05, 0.1) is 24.7 Å². The molecule has 0 saturated carbocycles. The van der Waals surface area contributed by atoms with Crippen molar-refractivity contribution in [2.75, 3.05) is 13.7 Å². The number of phenolic OH excluding ortho intramolecular Hbond substituents is 1. The third-order valence-electron chi connectivity index (χ3n) is 5.16. The molecule has 1 amide bonds. The number of phenols is 1. The Balaban J connectivity index is 1.91. The van der Waals surface area contributed by atoms with Crippen molar-refractivity contribution in [1.82, 2.24) is 9.88 Å². The molecule has 0 aliphatic rings. The second kappa shape index (κ2) is 9.86. The summed E-state index contributed by atoms with van der Waals surface area (Å²) in [6, 6.07) is 10.7. The van der Waals surface area contributed by atoms with Crippen LogP contribution in [0, 0.1) is 0 Å². The Bertz CT molecular complexity index is 1270. The van der Waals surface area contributed by atoms with Crippen molar-refractivity contribution in [2.24, 2.45) is 0 Å². The first-order valence-electron chi connectivity index (χ1n) is 10.7. The summed E-state index contributed by atoms with van der Waals surface area (Å²) in [7, 11) is 1.44. The molecule has 0 aliphatic carbocycles. The van der Waals surface area contributed by atoms with E-state index in [-0.39, 0.29) is 30.0 Å². The summed E-state index contributed by atoms with van der Waals surface area (Å²) >= 11 is 0. The predicted octanol–water partition coefficient (Wildman–Crippen LogP) is 3.92. The van der Waals surface area contributed by atoms with Gasteiger partial charge >= 0.3 is 12.1 Å². The molecular weight excluding hydrogens is 440 g/mol. The molecule has 0 atom stereocenters. The fourth-order valence-electron chi connectivity index (χ4n) is 3.55. The van der Waals surface area contributed by atoms with Gasteiger partial charge in [0.15, 0.2) is 0 Å². The van der Waals surface area contributed by atoms with Crippen molar-refractivity contribution in [3.8, 4) is 11.5 Å². The van der Waals surface area contributed by atoms with Crippen LogP contribution in [-0.4, -0.2) is 51.4 Å².